The molecule has 2 N–H and O–H groups in total. The largest absolute Gasteiger partial charge is 0.456 e. The molecule has 0 radical (unpaired) electrons. The van der Waals surface area contributed by atoms with E-state index in [4.69, 9.17) is 15.2 Å². The third kappa shape index (κ3) is 3.45. The summed E-state index contributed by atoms with van der Waals surface area (Å²) in [6.07, 6.45) is -0.247. The van der Waals surface area contributed by atoms with Gasteiger partial charge in [-0.05, 0) is 43.5 Å². The molecule has 1 aromatic carbocycles. The smallest absolute Gasteiger partial charge is 0.348 e. The predicted octanol–water partition coefficient (Wildman–Crippen LogP) is 3.07. The van der Waals surface area contributed by atoms with Crippen LogP contribution in [0.25, 0.3) is 10.1 Å². The molecule has 1 atom stereocenters. The molecule has 2 aromatic rings. The molecule has 19 heavy (non-hydrogen) atoms. The Kier molecular flexibility index (Phi) is 4.39. The summed E-state index contributed by atoms with van der Waals surface area (Å²) in [6.45, 7) is 4.76. The van der Waals surface area contributed by atoms with Crippen molar-refractivity contribution in [2.45, 2.75) is 20.0 Å². The topological polar surface area (TPSA) is 61.5 Å². The van der Waals surface area contributed by atoms with Crippen LogP contribution < -0.4 is 5.73 Å². The Morgan fingerprint density at radius 1 is 1.42 bits per heavy atom. The van der Waals surface area contributed by atoms with Crippen molar-refractivity contribution in [2.24, 2.45) is 0 Å². The van der Waals surface area contributed by atoms with Gasteiger partial charge < -0.3 is 15.2 Å². The summed E-state index contributed by atoms with van der Waals surface area (Å²) < 4.78 is 11.6. The summed E-state index contributed by atoms with van der Waals surface area (Å²) in [4.78, 5) is 12.6. The first-order valence-corrected chi connectivity index (χ1v) is 6.99. The standard InChI is InChI=1S/C14H17NO3S/c1-3-17-8-9(2)18-14(16)13-7-10-6-11(15)4-5-12(10)19-13/h4-7,9H,3,8,15H2,1-2H3. The molecule has 0 aliphatic carbocycles. The summed E-state index contributed by atoms with van der Waals surface area (Å²) in [7, 11) is 0. The Morgan fingerprint density at radius 2 is 2.21 bits per heavy atom. The van der Waals surface area contributed by atoms with Crippen LogP contribution in [-0.4, -0.2) is 25.3 Å². The number of carbonyl (C=O) groups excluding carboxylic acids is 1. The number of fused-ring (bicyclic) bond motifs is 1. The number of ether oxygens (including phenoxy) is 2. The van der Waals surface area contributed by atoms with Gasteiger partial charge in [-0.15, -0.1) is 11.3 Å². The number of nitrogen functional groups attached to an aromatic ring is 1. The van der Waals surface area contributed by atoms with Gasteiger partial charge in [0, 0.05) is 17.0 Å². The number of thiophene rings is 1. The van der Waals surface area contributed by atoms with Crippen molar-refractivity contribution in [2.75, 3.05) is 18.9 Å². The number of hydrogen-bond acceptors (Lipinski definition) is 5. The molecule has 0 spiro atoms. The lowest BCUT2D eigenvalue weighted by atomic mass is 10.2. The molecule has 0 fully saturated rings. The fourth-order valence-corrected chi connectivity index (χ4v) is 2.65. The lowest BCUT2D eigenvalue weighted by Gasteiger charge is -2.11. The maximum Gasteiger partial charge on any atom is 0.348 e. The van der Waals surface area contributed by atoms with Crippen LogP contribution in [0.2, 0.25) is 0 Å². The van der Waals surface area contributed by atoms with Crippen molar-refractivity contribution in [3.8, 4) is 0 Å². The van der Waals surface area contributed by atoms with Crippen LogP contribution in [0.5, 0.6) is 0 Å². The van der Waals surface area contributed by atoms with E-state index in [-0.39, 0.29) is 12.1 Å². The van der Waals surface area contributed by atoms with Crippen LogP contribution >= 0.6 is 11.3 Å². The van der Waals surface area contributed by atoms with Crippen LogP contribution in [-0.2, 0) is 9.47 Å². The maximum absolute atomic E-state index is 12.0. The molecule has 0 bridgehead atoms. The molecular weight excluding hydrogens is 262 g/mol. The summed E-state index contributed by atoms with van der Waals surface area (Å²) >= 11 is 1.41. The number of carbonyl (C=O) groups is 1. The lowest BCUT2D eigenvalue weighted by molar-refractivity contribution is 0.00485. The van der Waals surface area contributed by atoms with Crippen LogP contribution in [0.3, 0.4) is 0 Å². The maximum atomic E-state index is 12.0. The second kappa shape index (κ2) is 6.04. The monoisotopic (exact) mass is 279 g/mol. The first kappa shape index (κ1) is 13.8. The fourth-order valence-electron chi connectivity index (χ4n) is 1.72. The van der Waals surface area contributed by atoms with Gasteiger partial charge in [0.2, 0.25) is 0 Å². The van der Waals surface area contributed by atoms with Gasteiger partial charge in [0.25, 0.3) is 0 Å². The molecule has 0 aliphatic heterocycles. The minimum Gasteiger partial charge on any atom is -0.456 e. The van der Waals surface area contributed by atoms with Crippen LogP contribution in [0.4, 0.5) is 5.69 Å². The van der Waals surface area contributed by atoms with E-state index in [9.17, 15) is 4.79 Å². The predicted molar refractivity (Wildman–Crippen MR) is 77.6 cm³/mol. The third-order valence-corrected chi connectivity index (χ3v) is 3.70. The Bertz CT molecular complexity index is 579. The Hall–Kier alpha value is -1.59. The van der Waals surface area contributed by atoms with E-state index in [1.807, 2.05) is 38.1 Å². The molecule has 1 heterocycles. The average molecular weight is 279 g/mol. The second-order valence-corrected chi connectivity index (χ2v) is 5.37. The van der Waals surface area contributed by atoms with Gasteiger partial charge >= 0.3 is 5.97 Å². The molecule has 1 unspecified atom stereocenters. The van der Waals surface area contributed by atoms with Crippen LogP contribution in [0.15, 0.2) is 24.3 Å². The molecular formula is C14H17NO3S. The molecule has 2 rings (SSSR count). The SMILES string of the molecule is CCOCC(C)OC(=O)c1cc2cc(N)ccc2s1. The number of hydrogen-bond donors (Lipinski definition) is 1. The number of esters is 1. The van der Waals surface area contributed by atoms with Crippen molar-refractivity contribution in [3.05, 3.63) is 29.1 Å². The zero-order chi connectivity index (χ0) is 13.8. The van der Waals surface area contributed by atoms with Gasteiger partial charge in [0.15, 0.2) is 0 Å². The highest BCUT2D eigenvalue weighted by atomic mass is 32.1. The molecule has 0 saturated carbocycles. The van der Waals surface area contributed by atoms with Crippen molar-refractivity contribution in [1.29, 1.82) is 0 Å². The summed E-state index contributed by atoms with van der Waals surface area (Å²) in [5, 5.41) is 0.967. The molecule has 5 heteroatoms. The number of benzene rings is 1. The van der Waals surface area contributed by atoms with Crippen molar-refractivity contribution >= 4 is 33.1 Å². The van der Waals surface area contributed by atoms with E-state index in [1.165, 1.54) is 11.3 Å². The van der Waals surface area contributed by atoms with Gasteiger partial charge in [0.05, 0.1) is 6.61 Å². The van der Waals surface area contributed by atoms with E-state index >= 15 is 0 Å². The van der Waals surface area contributed by atoms with Gasteiger partial charge in [-0.3, -0.25) is 0 Å². The summed E-state index contributed by atoms with van der Waals surface area (Å²) in [6, 6.07) is 7.40. The molecule has 0 saturated heterocycles. The lowest BCUT2D eigenvalue weighted by Crippen LogP contribution is -2.19. The van der Waals surface area contributed by atoms with Crippen molar-refractivity contribution in [1.82, 2.24) is 0 Å². The van der Waals surface area contributed by atoms with Crippen LogP contribution in [0.1, 0.15) is 23.5 Å². The van der Waals surface area contributed by atoms with E-state index < -0.39 is 0 Å². The number of nitrogens with two attached hydrogens (primary N) is 1. The molecule has 4 nitrogen and oxygen atoms in total. The molecule has 0 aliphatic rings. The Balaban J connectivity index is 2.08. The highest BCUT2D eigenvalue weighted by molar-refractivity contribution is 7.20. The molecule has 0 amide bonds. The van der Waals surface area contributed by atoms with Crippen molar-refractivity contribution in [3.63, 3.8) is 0 Å². The van der Waals surface area contributed by atoms with E-state index in [0.717, 1.165) is 10.1 Å². The number of anilines is 1. The van der Waals surface area contributed by atoms with E-state index in [1.54, 1.807) is 0 Å². The first-order valence-electron chi connectivity index (χ1n) is 6.18. The third-order valence-electron chi connectivity index (χ3n) is 2.61. The van der Waals surface area contributed by atoms with Gasteiger partial charge in [-0.25, -0.2) is 4.79 Å². The van der Waals surface area contributed by atoms with Crippen LogP contribution in [0, 0.1) is 0 Å². The first-order chi connectivity index (χ1) is 9.10. The average Bonchev–Trinajstić information content (AvgIpc) is 2.79. The zero-order valence-electron chi connectivity index (χ0n) is 11.0. The molecule has 1 aromatic heterocycles. The van der Waals surface area contributed by atoms with Gasteiger partial charge in [-0.2, -0.15) is 0 Å². The fraction of sp³-hybridized carbons (Fsp3) is 0.357. The Labute approximate surface area is 116 Å². The zero-order valence-corrected chi connectivity index (χ0v) is 11.8. The van der Waals surface area contributed by atoms with Crippen molar-refractivity contribution < 1.29 is 14.3 Å². The Morgan fingerprint density at radius 3 is 2.95 bits per heavy atom. The number of rotatable bonds is 5. The summed E-state index contributed by atoms with van der Waals surface area (Å²) in [5.41, 5.74) is 6.41. The summed E-state index contributed by atoms with van der Waals surface area (Å²) in [5.74, 6) is -0.313. The minimum absolute atomic E-state index is 0.247. The normalized spacial score (nSPS) is 12.5. The quantitative estimate of drug-likeness (QED) is 0.675. The minimum atomic E-state index is -0.313. The van der Waals surface area contributed by atoms with Gasteiger partial charge in [0.1, 0.15) is 11.0 Å². The van der Waals surface area contributed by atoms with E-state index in [2.05, 4.69) is 0 Å². The highest BCUT2D eigenvalue weighted by Gasteiger charge is 2.15. The van der Waals surface area contributed by atoms with Gasteiger partial charge in [-0.1, -0.05) is 0 Å². The van der Waals surface area contributed by atoms with E-state index in [0.29, 0.717) is 23.8 Å². The second-order valence-electron chi connectivity index (χ2n) is 4.28. The molecule has 102 valence electrons. The highest BCUT2D eigenvalue weighted by Crippen LogP contribution is 2.28.